The molecule has 0 saturated heterocycles. The molecule has 0 aliphatic heterocycles. The van der Waals surface area contributed by atoms with Gasteiger partial charge in [0.1, 0.15) is 17.2 Å². The van der Waals surface area contributed by atoms with Gasteiger partial charge in [-0.1, -0.05) is 6.92 Å². The number of fused-ring (bicyclic) bond motifs is 3. The first-order chi connectivity index (χ1) is 8.79. The molecule has 0 N–H and O–H groups in total. The first-order valence-corrected chi connectivity index (χ1v) is 6.86. The number of rotatable bonds is 2. The van der Waals surface area contributed by atoms with Crippen molar-refractivity contribution in [1.29, 1.82) is 5.26 Å². The lowest BCUT2D eigenvalue weighted by Gasteiger charge is -2.17. The minimum Gasteiger partial charge on any atom is -0.462 e. The largest absolute Gasteiger partial charge is 0.462 e. The van der Waals surface area contributed by atoms with Crippen LogP contribution >= 0.6 is 11.3 Å². The molecule has 0 unspecified atom stereocenters. The number of nitrogens with zero attached hydrogens (tertiary/aromatic N) is 3. The first-order valence-electron chi connectivity index (χ1n) is 6.04. The average molecular weight is 259 g/mol. The van der Waals surface area contributed by atoms with E-state index >= 15 is 0 Å². The van der Waals surface area contributed by atoms with Gasteiger partial charge in [-0.15, -0.1) is 11.3 Å². The SMILES string of the molecule is C[C@H]1CCc2c(sc3ncnc(OCC#N)c23)C1. The molecule has 92 valence electrons. The lowest BCUT2D eigenvalue weighted by atomic mass is 9.89. The van der Waals surface area contributed by atoms with Crippen molar-refractivity contribution >= 4 is 21.6 Å². The second-order valence-electron chi connectivity index (χ2n) is 4.66. The molecule has 18 heavy (non-hydrogen) atoms. The molecule has 0 amide bonds. The van der Waals surface area contributed by atoms with Crippen molar-refractivity contribution in [3.63, 3.8) is 0 Å². The van der Waals surface area contributed by atoms with Crippen LogP contribution in [0.1, 0.15) is 23.8 Å². The molecule has 2 heterocycles. The highest BCUT2D eigenvalue weighted by Gasteiger charge is 2.23. The van der Waals surface area contributed by atoms with Gasteiger partial charge in [0.25, 0.3) is 0 Å². The highest BCUT2D eigenvalue weighted by Crippen LogP contribution is 2.40. The maximum atomic E-state index is 8.61. The number of aryl methyl sites for hydroxylation is 1. The minimum atomic E-state index is 0.0349. The molecule has 3 rings (SSSR count). The van der Waals surface area contributed by atoms with E-state index in [0.29, 0.717) is 5.88 Å². The van der Waals surface area contributed by atoms with Gasteiger partial charge in [-0.25, -0.2) is 9.97 Å². The van der Waals surface area contributed by atoms with Crippen LogP contribution in [0.3, 0.4) is 0 Å². The van der Waals surface area contributed by atoms with E-state index < -0.39 is 0 Å². The predicted octanol–water partition coefficient (Wildman–Crippen LogP) is 2.72. The number of nitriles is 1. The lowest BCUT2D eigenvalue weighted by molar-refractivity contribution is 0.357. The monoisotopic (exact) mass is 259 g/mol. The van der Waals surface area contributed by atoms with Crippen LogP contribution in [-0.4, -0.2) is 16.6 Å². The maximum Gasteiger partial charge on any atom is 0.226 e. The maximum absolute atomic E-state index is 8.61. The van der Waals surface area contributed by atoms with E-state index in [1.807, 2.05) is 6.07 Å². The Morgan fingerprint density at radius 2 is 2.44 bits per heavy atom. The van der Waals surface area contributed by atoms with E-state index in [4.69, 9.17) is 10.00 Å². The normalized spacial score (nSPS) is 18.3. The van der Waals surface area contributed by atoms with Crippen LogP contribution in [0.15, 0.2) is 6.33 Å². The summed E-state index contributed by atoms with van der Waals surface area (Å²) in [5.74, 6) is 1.30. The molecular weight excluding hydrogens is 246 g/mol. The summed E-state index contributed by atoms with van der Waals surface area (Å²) >= 11 is 1.74. The third-order valence-corrected chi connectivity index (χ3v) is 4.49. The molecule has 1 aliphatic rings. The van der Waals surface area contributed by atoms with E-state index in [0.717, 1.165) is 29.0 Å². The summed E-state index contributed by atoms with van der Waals surface area (Å²) in [7, 11) is 0. The van der Waals surface area contributed by atoms with Crippen molar-refractivity contribution in [2.75, 3.05) is 6.61 Å². The van der Waals surface area contributed by atoms with Crippen LogP contribution in [0.5, 0.6) is 5.88 Å². The van der Waals surface area contributed by atoms with E-state index in [9.17, 15) is 0 Å². The van der Waals surface area contributed by atoms with Crippen LogP contribution in [0.2, 0.25) is 0 Å². The van der Waals surface area contributed by atoms with Crippen molar-refractivity contribution < 1.29 is 4.74 Å². The molecule has 0 spiro atoms. The van der Waals surface area contributed by atoms with Gasteiger partial charge < -0.3 is 4.74 Å². The van der Waals surface area contributed by atoms with Crippen molar-refractivity contribution in [3.8, 4) is 11.9 Å². The summed E-state index contributed by atoms with van der Waals surface area (Å²) in [5.41, 5.74) is 1.33. The van der Waals surface area contributed by atoms with Crippen molar-refractivity contribution in [2.45, 2.75) is 26.2 Å². The van der Waals surface area contributed by atoms with Gasteiger partial charge in [0.05, 0.1) is 5.39 Å². The molecule has 4 nitrogen and oxygen atoms in total. The quantitative estimate of drug-likeness (QED) is 0.832. The summed E-state index contributed by atoms with van der Waals surface area (Å²) < 4.78 is 5.41. The number of aromatic nitrogens is 2. The zero-order valence-electron chi connectivity index (χ0n) is 10.1. The summed E-state index contributed by atoms with van der Waals surface area (Å²) in [6.45, 7) is 2.32. The molecular formula is C13H13N3OS. The summed E-state index contributed by atoms with van der Waals surface area (Å²) in [6, 6.07) is 1.98. The fourth-order valence-electron chi connectivity index (χ4n) is 2.46. The van der Waals surface area contributed by atoms with Gasteiger partial charge in [-0.05, 0) is 30.7 Å². The number of hydrogen-bond donors (Lipinski definition) is 0. The second kappa shape index (κ2) is 4.54. The standard InChI is InChI=1S/C13H13N3OS/c1-8-2-3-9-10(6-8)18-13-11(9)12(15-7-16-13)17-5-4-14/h7-8H,2-3,5-6H2,1H3/t8-/m0/s1. The van der Waals surface area contributed by atoms with Crippen LogP contribution in [0.4, 0.5) is 0 Å². The Labute approximate surface area is 109 Å². The molecule has 0 aromatic carbocycles. The van der Waals surface area contributed by atoms with Crippen molar-refractivity contribution in [3.05, 3.63) is 16.8 Å². The Kier molecular flexibility index (Phi) is 2.88. The molecule has 2 aromatic heterocycles. The molecule has 0 bridgehead atoms. The van der Waals surface area contributed by atoms with Crippen LogP contribution < -0.4 is 4.74 Å². The molecule has 0 saturated carbocycles. The fourth-order valence-corrected chi connectivity index (χ4v) is 3.80. The second-order valence-corrected chi connectivity index (χ2v) is 5.74. The van der Waals surface area contributed by atoms with Crippen molar-refractivity contribution in [2.24, 2.45) is 5.92 Å². The van der Waals surface area contributed by atoms with Gasteiger partial charge in [0.15, 0.2) is 6.61 Å². The third kappa shape index (κ3) is 1.83. The molecule has 0 radical (unpaired) electrons. The van der Waals surface area contributed by atoms with Gasteiger partial charge >= 0.3 is 0 Å². The molecule has 1 atom stereocenters. The highest BCUT2D eigenvalue weighted by molar-refractivity contribution is 7.18. The molecule has 0 fully saturated rings. The van der Waals surface area contributed by atoms with Crippen molar-refractivity contribution in [1.82, 2.24) is 9.97 Å². The van der Waals surface area contributed by atoms with Gasteiger partial charge in [0.2, 0.25) is 5.88 Å². The average Bonchev–Trinajstić information content (AvgIpc) is 2.73. The zero-order chi connectivity index (χ0) is 12.5. The Hall–Kier alpha value is -1.67. The molecule has 1 aliphatic carbocycles. The van der Waals surface area contributed by atoms with E-state index in [1.165, 1.54) is 23.2 Å². The summed E-state index contributed by atoms with van der Waals surface area (Å²) in [4.78, 5) is 10.9. The Morgan fingerprint density at radius 1 is 1.56 bits per heavy atom. The number of hydrogen-bond acceptors (Lipinski definition) is 5. The smallest absolute Gasteiger partial charge is 0.226 e. The minimum absolute atomic E-state index is 0.0349. The lowest BCUT2D eigenvalue weighted by Crippen LogP contribution is -2.09. The summed E-state index contributed by atoms with van der Waals surface area (Å²) in [6.07, 6.45) is 4.90. The predicted molar refractivity (Wildman–Crippen MR) is 69.7 cm³/mol. The Balaban J connectivity index is 2.12. The van der Waals surface area contributed by atoms with Gasteiger partial charge in [-0.3, -0.25) is 0 Å². The van der Waals surface area contributed by atoms with Crippen LogP contribution in [0, 0.1) is 17.2 Å². The van der Waals surface area contributed by atoms with Crippen LogP contribution in [0.25, 0.3) is 10.2 Å². The third-order valence-electron chi connectivity index (χ3n) is 3.33. The van der Waals surface area contributed by atoms with E-state index in [2.05, 4.69) is 16.9 Å². The fraction of sp³-hybridized carbons (Fsp3) is 0.462. The first kappa shape index (κ1) is 11.4. The van der Waals surface area contributed by atoms with Gasteiger partial charge in [-0.2, -0.15) is 5.26 Å². The number of thiophene rings is 1. The van der Waals surface area contributed by atoms with E-state index in [-0.39, 0.29) is 6.61 Å². The molecule has 5 heteroatoms. The Bertz CT molecular complexity index is 629. The highest BCUT2D eigenvalue weighted by atomic mass is 32.1. The number of ether oxygens (including phenoxy) is 1. The zero-order valence-corrected chi connectivity index (χ0v) is 11.0. The Morgan fingerprint density at radius 3 is 3.28 bits per heavy atom. The topological polar surface area (TPSA) is 58.8 Å². The molecule has 2 aromatic rings. The van der Waals surface area contributed by atoms with Crippen LogP contribution in [-0.2, 0) is 12.8 Å². The summed E-state index contributed by atoms with van der Waals surface area (Å²) in [5, 5.41) is 9.64. The van der Waals surface area contributed by atoms with E-state index in [1.54, 1.807) is 11.3 Å². The van der Waals surface area contributed by atoms with Gasteiger partial charge in [0, 0.05) is 4.88 Å².